The second-order valence-electron chi connectivity index (χ2n) is 21.5. The fourth-order valence-corrected chi connectivity index (χ4v) is 13.3. The SMILES string of the molecule is [C-]#[N+]c1ccc2c(c1)c1cc(N3c4ccccc4C(C)(C)c4ccc5c(oc6cc7ccccc7cc65)c43)ccc1c1ccc(N3c4ccccc4C(C)(C)c4ccc5c(oc6cc7ccccc7cc65)c43)cc12. The molecule has 0 unspecified atom stereocenters. The van der Waals surface area contributed by atoms with E-state index in [4.69, 9.17) is 15.4 Å². The number of para-hydroxylation sites is 2. The summed E-state index contributed by atoms with van der Waals surface area (Å²) < 4.78 is 14.1. The topological polar surface area (TPSA) is 37.1 Å². The van der Waals surface area contributed by atoms with E-state index in [0.717, 1.165) is 121 Å². The van der Waals surface area contributed by atoms with Crippen LogP contribution in [0.1, 0.15) is 49.9 Å². The number of anilines is 6. The first kappa shape index (κ1) is 41.3. The molecule has 0 saturated heterocycles. The van der Waals surface area contributed by atoms with Crippen LogP contribution in [0.25, 0.3) is 103 Å². The predicted molar refractivity (Wildman–Crippen MR) is 308 cm³/mol. The van der Waals surface area contributed by atoms with E-state index in [-0.39, 0.29) is 10.8 Å². The molecule has 5 nitrogen and oxygen atoms in total. The normalized spacial score (nSPS) is 14.6. The molecular formula is C69H45N3O2. The van der Waals surface area contributed by atoms with Crippen molar-refractivity contribution in [1.82, 2.24) is 0 Å². The van der Waals surface area contributed by atoms with Gasteiger partial charge in [-0.15, -0.1) is 0 Å². The largest absolute Gasteiger partial charge is 0.454 e. The molecule has 5 heteroatoms. The maximum atomic E-state index is 8.24. The number of fused-ring (bicyclic) bond motifs is 20. The lowest BCUT2D eigenvalue weighted by Gasteiger charge is -2.42. The van der Waals surface area contributed by atoms with Gasteiger partial charge in [-0.1, -0.05) is 161 Å². The third kappa shape index (κ3) is 5.41. The monoisotopic (exact) mass is 947 g/mol. The molecule has 74 heavy (non-hydrogen) atoms. The molecule has 16 rings (SSSR count). The van der Waals surface area contributed by atoms with Gasteiger partial charge in [-0.3, -0.25) is 0 Å². The molecule has 0 fully saturated rings. The van der Waals surface area contributed by atoms with Crippen LogP contribution in [0.3, 0.4) is 0 Å². The Morgan fingerprint density at radius 2 is 0.743 bits per heavy atom. The van der Waals surface area contributed by atoms with E-state index in [1.54, 1.807) is 0 Å². The van der Waals surface area contributed by atoms with Crippen molar-refractivity contribution in [2.75, 3.05) is 9.80 Å². The van der Waals surface area contributed by atoms with Crippen molar-refractivity contribution in [3.63, 3.8) is 0 Å². The first-order chi connectivity index (χ1) is 36.1. The Morgan fingerprint density at radius 1 is 0.351 bits per heavy atom. The summed E-state index contributed by atoms with van der Waals surface area (Å²) >= 11 is 0. The van der Waals surface area contributed by atoms with Crippen LogP contribution in [0.5, 0.6) is 0 Å². The Morgan fingerprint density at radius 3 is 1.23 bits per heavy atom. The Kier molecular flexibility index (Phi) is 8.03. The second-order valence-corrected chi connectivity index (χ2v) is 21.5. The van der Waals surface area contributed by atoms with E-state index in [1.165, 1.54) is 33.0 Å². The lowest BCUT2D eigenvalue weighted by molar-refractivity contribution is 0.624. The molecule has 12 aromatic carbocycles. The van der Waals surface area contributed by atoms with Gasteiger partial charge in [0.25, 0.3) is 0 Å². The summed E-state index contributed by atoms with van der Waals surface area (Å²) in [5.74, 6) is 0. The van der Waals surface area contributed by atoms with Gasteiger partial charge in [-0.05, 0) is 143 Å². The van der Waals surface area contributed by atoms with Crippen molar-refractivity contribution in [3.8, 4) is 0 Å². The van der Waals surface area contributed by atoms with Crippen molar-refractivity contribution >= 4 is 138 Å². The lowest BCUT2D eigenvalue weighted by Crippen LogP contribution is -2.30. The first-order valence-corrected chi connectivity index (χ1v) is 25.5. The van der Waals surface area contributed by atoms with E-state index >= 15 is 0 Å². The maximum absolute atomic E-state index is 8.24. The minimum Gasteiger partial charge on any atom is -0.454 e. The Balaban J connectivity index is 0.938. The summed E-state index contributed by atoms with van der Waals surface area (Å²) in [6.45, 7) is 17.6. The molecule has 0 atom stereocenters. The maximum Gasteiger partial charge on any atom is 0.187 e. The van der Waals surface area contributed by atoms with Crippen LogP contribution >= 0.6 is 0 Å². The van der Waals surface area contributed by atoms with Crippen LogP contribution in [-0.4, -0.2) is 0 Å². The molecular weight excluding hydrogens is 903 g/mol. The Labute approximate surface area is 426 Å². The van der Waals surface area contributed by atoms with Crippen molar-refractivity contribution in [2.24, 2.45) is 0 Å². The third-order valence-electron chi connectivity index (χ3n) is 16.9. The summed E-state index contributed by atoms with van der Waals surface area (Å²) in [4.78, 5) is 8.85. The van der Waals surface area contributed by atoms with Gasteiger partial charge >= 0.3 is 0 Å². The van der Waals surface area contributed by atoms with Crippen LogP contribution in [-0.2, 0) is 10.8 Å². The average molecular weight is 948 g/mol. The quantitative estimate of drug-likeness (QED) is 0.128. The van der Waals surface area contributed by atoms with E-state index < -0.39 is 0 Å². The standard InChI is InChI=1S/C69H45N3O2/c1-68(2)56-18-10-12-20-60(56)71(64-58(68)30-28-49-54-32-39-14-6-8-16-41(39)34-62(54)73-66(49)64)44-23-26-46-47-27-24-45(38-53(47)51-36-43(70-5)22-25-48(51)52(46)37-44)72-61-21-13-11-19-57(61)69(3,4)59-31-29-50-55-33-40-15-7-9-17-42(40)35-63(55)74-67(50)65(59)72/h6-38H,1-4H3. The highest BCUT2D eigenvalue weighted by Crippen LogP contribution is 2.58. The molecule has 348 valence electrons. The molecule has 0 amide bonds. The molecule has 2 aliphatic rings. The Hall–Kier alpha value is -9.37. The van der Waals surface area contributed by atoms with Crippen molar-refractivity contribution < 1.29 is 8.83 Å². The van der Waals surface area contributed by atoms with Gasteiger partial charge < -0.3 is 18.6 Å². The van der Waals surface area contributed by atoms with Crippen LogP contribution < -0.4 is 9.80 Å². The minimum atomic E-state index is -0.307. The first-order valence-electron chi connectivity index (χ1n) is 25.5. The highest BCUT2D eigenvalue weighted by Gasteiger charge is 2.41. The number of rotatable bonds is 2. The third-order valence-corrected chi connectivity index (χ3v) is 16.9. The summed E-state index contributed by atoms with van der Waals surface area (Å²) in [6, 6.07) is 72.8. The molecule has 0 spiro atoms. The zero-order valence-corrected chi connectivity index (χ0v) is 41.2. The highest BCUT2D eigenvalue weighted by molar-refractivity contribution is 6.27. The van der Waals surface area contributed by atoms with Crippen LogP contribution in [0.4, 0.5) is 39.8 Å². The second kappa shape index (κ2) is 14.4. The van der Waals surface area contributed by atoms with Crippen molar-refractivity contribution in [3.05, 3.63) is 234 Å². The number of nitrogens with zero attached hydrogens (tertiary/aromatic N) is 3. The Bertz CT molecular complexity index is 4890. The highest BCUT2D eigenvalue weighted by atomic mass is 16.3. The summed E-state index contributed by atoms with van der Waals surface area (Å²) in [5.41, 5.74) is 14.9. The molecule has 14 aromatic rings. The smallest absolute Gasteiger partial charge is 0.187 e. The van der Waals surface area contributed by atoms with Gasteiger partial charge in [-0.25, -0.2) is 4.85 Å². The fraction of sp³-hybridized carbons (Fsp3) is 0.0870. The molecule has 2 aliphatic heterocycles. The molecule has 0 bridgehead atoms. The zero-order chi connectivity index (χ0) is 49.4. The van der Waals surface area contributed by atoms with Crippen LogP contribution in [0.15, 0.2) is 209 Å². The fourth-order valence-electron chi connectivity index (χ4n) is 13.3. The van der Waals surface area contributed by atoms with Gasteiger partial charge in [-0.2, -0.15) is 0 Å². The number of hydrogen-bond donors (Lipinski definition) is 0. The summed E-state index contributed by atoms with van der Waals surface area (Å²) in [7, 11) is 0. The molecule has 0 aliphatic carbocycles. The summed E-state index contributed by atoms with van der Waals surface area (Å²) in [5, 5.41) is 15.7. The van der Waals surface area contributed by atoms with Crippen LogP contribution in [0.2, 0.25) is 0 Å². The molecule has 4 heterocycles. The zero-order valence-electron chi connectivity index (χ0n) is 41.2. The van der Waals surface area contributed by atoms with Crippen molar-refractivity contribution in [1.29, 1.82) is 0 Å². The average Bonchev–Trinajstić information content (AvgIpc) is 4.08. The molecule has 2 aromatic heterocycles. The lowest BCUT2D eigenvalue weighted by atomic mass is 9.73. The summed E-state index contributed by atoms with van der Waals surface area (Å²) in [6.07, 6.45) is 0. The molecule has 0 saturated carbocycles. The van der Waals surface area contributed by atoms with E-state index in [0.29, 0.717) is 5.69 Å². The van der Waals surface area contributed by atoms with Crippen molar-refractivity contribution in [2.45, 2.75) is 38.5 Å². The van der Waals surface area contributed by atoms with Gasteiger partial charge in [0.1, 0.15) is 11.2 Å². The van der Waals surface area contributed by atoms with Gasteiger partial charge in [0.2, 0.25) is 0 Å². The van der Waals surface area contributed by atoms with E-state index in [9.17, 15) is 0 Å². The predicted octanol–water partition coefficient (Wildman–Crippen LogP) is 20.0. The van der Waals surface area contributed by atoms with E-state index in [1.807, 2.05) is 6.07 Å². The van der Waals surface area contributed by atoms with E-state index in [2.05, 4.69) is 236 Å². The van der Waals surface area contributed by atoms with Gasteiger partial charge in [0, 0.05) is 43.7 Å². The van der Waals surface area contributed by atoms with Gasteiger partial charge in [0.05, 0.1) is 29.3 Å². The molecule has 0 N–H and O–H groups in total. The van der Waals surface area contributed by atoms with Crippen LogP contribution in [0, 0.1) is 6.57 Å². The number of furan rings is 2. The number of benzene rings is 12. The van der Waals surface area contributed by atoms with Gasteiger partial charge in [0.15, 0.2) is 16.9 Å². The minimum absolute atomic E-state index is 0.302. The molecule has 0 radical (unpaired) electrons. The number of hydrogen-bond acceptors (Lipinski definition) is 4.